The SMILES string of the molecule is Cc1cc(F)cc(C)c1S(=O)(=O)N1CCOC(C(N)=S)C1. The summed E-state index contributed by atoms with van der Waals surface area (Å²) in [5, 5.41) is 0. The summed E-state index contributed by atoms with van der Waals surface area (Å²) in [4.78, 5) is 0.259. The van der Waals surface area contributed by atoms with E-state index in [0.29, 0.717) is 11.1 Å². The molecule has 1 aromatic rings. The van der Waals surface area contributed by atoms with E-state index in [1.54, 1.807) is 13.8 Å². The van der Waals surface area contributed by atoms with Crippen molar-refractivity contribution in [3.05, 3.63) is 29.1 Å². The van der Waals surface area contributed by atoms with Crippen molar-refractivity contribution in [1.29, 1.82) is 0 Å². The van der Waals surface area contributed by atoms with Crippen LogP contribution >= 0.6 is 12.2 Å². The first-order valence-electron chi connectivity index (χ1n) is 6.41. The molecule has 0 amide bonds. The molecule has 0 saturated carbocycles. The molecule has 1 atom stereocenters. The highest BCUT2D eigenvalue weighted by molar-refractivity contribution is 7.89. The molecule has 1 saturated heterocycles. The van der Waals surface area contributed by atoms with Crippen molar-refractivity contribution in [3.8, 4) is 0 Å². The molecule has 1 aromatic carbocycles. The minimum absolute atomic E-state index is 0.0773. The fourth-order valence-electron chi connectivity index (χ4n) is 2.45. The van der Waals surface area contributed by atoms with E-state index in [0.717, 1.165) is 0 Å². The van der Waals surface area contributed by atoms with E-state index >= 15 is 0 Å². The smallest absolute Gasteiger partial charge is 0.243 e. The first-order valence-corrected chi connectivity index (χ1v) is 8.26. The van der Waals surface area contributed by atoms with Crippen molar-refractivity contribution in [3.63, 3.8) is 0 Å². The van der Waals surface area contributed by atoms with E-state index < -0.39 is 21.9 Å². The highest BCUT2D eigenvalue weighted by atomic mass is 32.2. The Hall–Kier alpha value is -1.09. The zero-order chi connectivity index (χ0) is 15.8. The van der Waals surface area contributed by atoms with Crippen LogP contribution in [0.5, 0.6) is 0 Å². The number of rotatable bonds is 3. The van der Waals surface area contributed by atoms with Gasteiger partial charge in [0.2, 0.25) is 10.0 Å². The standard InChI is InChI=1S/C13H17FN2O3S2/c1-8-5-10(14)6-9(2)12(8)21(17,18)16-3-4-19-11(7-16)13(15)20/h5-6,11H,3-4,7H2,1-2H3,(H2,15,20). The van der Waals surface area contributed by atoms with E-state index in [1.807, 2.05) is 0 Å². The van der Waals surface area contributed by atoms with E-state index in [-0.39, 0.29) is 29.6 Å². The maximum absolute atomic E-state index is 13.3. The second kappa shape index (κ2) is 5.96. The quantitative estimate of drug-likeness (QED) is 0.840. The summed E-state index contributed by atoms with van der Waals surface area (Å²) in [7, 11) is -3.74. The number of hydrogen-bond donors (Lipinski definition) is 1. The number of morpholine rings is 1. The van der Waals surface area contributed by atoms with Gasteiger partial charge in [0.1, 0.15) is 16.9 Å². The third-order valence-electron chi connectivity index (χ3n) is 3.37. The maximum Gasteiger partial charge on any atom is 0.243 e. The second-order valence-electron chi connectivity index (χ2n) is 4.99. The Morgan fingerprint density at radius 1 is 1.43 bits per heavy atom. The molecule has 1 aliphatic heterocycles. The maximum atomic E-state index is 13.3. The van der Waals surface area contributed by atoms with Crippen LogP contribution in [0.4, 0.5) is 4.39 Å². The Kier molecular flexibility index (Phi) is 4.62. The van der Waals surface area contributed by atoms with Gasteiger partial charge in [-0.3, -0.25) is 0 Å². The Balaban J connectivity index is 2.41. The van der Waals surface area contributed by atoms with Crippen molar-refractivity contribution in [2.24, 2.45) is 5.73 Å². The lowest BCUT2D eigenvalue weighted by atomic mass is 10.1. The van der Waals surface area contributed by atoms with Gasteiger partial charge in [-0.15, -0.1) is 0 Å². The van der Waals surface area contributed by atoms with Crippen LogP contribution in [-0.4, -0.2) is 43.5 Å². The van der Waals surface area contributed by atoms with Gasteiger partial charge in [-0.2, -0.15) is 4.31 Å². The Morgan fingerprint density at radius 2 is 2.00 bits per heavy atom. The number of hydrogen-bond acceptors (Lipinski definition) is 4. The predicted molar refractivity (Wildman–Crippen MR) is 81.2 cm³/mol. The number of nitrogens with zero attached hydrogens (tertiary/aromatic N) is 1. The van der Waals surface area contributed by atoms with Gasteiger partial charge in [0, 0.05) is 13.1 Å². The summed E-state index contributed by atoms with van der Waals surface area (Å²) in [5.74, 6) is -0.452. The van der Waals surface area contributed by atoms with Crippen LogP contribution in [0.15, 0.2) is 17.0 Å². The lowest BCUT2D eigenvalue weighted by Gasteiger charge is -2.32. The molecule has 2 rings (SSSR count). The summed E-state index contributed by atoms with van der Waals surface area (Å²) in [6.07, 6.45) is -0.593. The molecule has 0 spiro atoms. The second-order valence-corrected chi connectivity index (χ2v) is 7.34. The molecular formula is C13H17FN2O3S2. The highest BCUT2D eigenvalue weighted by Gasteiger charge is 2.33. The van der Waals surface area contributed by atoms with Gasteiger partial charge >= 0.3 is 0 Å². The number of sulfonamides is 1. The van der Waals surface area contributed by atoms with Gasteiger partial charge in [0.25, 0.3) is 0 Å². The summed E-state index contributed by atoms with van der Waals surface area (Å²) < 4.78 is 45.5. The Labute approximate surface area is 128 Å². The first-order chi connectivity index (χ1) is 9.73. The summed E-state index contributed by atoms with van der Waals surface area (Å²) in [5.41, 5.74) is 6.29. The Bertz CT molecular complexity index is 653. The average molecular weight is 332 g/mol. The molecule has 1 unspecified atom stereocenters. The van der Waals surface area contributed by atoms with Crippen LogP contribution in [0.2, 0.25) is 0 Å². The average Bonchev–Trinajstić information content (AvgIpc) is 2.37. The zero-order valence-electron chi connectivity index (χ0n) is 11.8. The summed E-state index contributed by atoms with van der Waals surface area (Å²) in [6, 6.07) is 2.43. The molecule has 1 fully saturated rings. The molecule has 2 N–H and O–H groups in total. The van der Waals surface area contributed by atoms with Crippen molar-refractivity contribution in [2.75, 3.05) is 19.7 Å². The third kappa shape index (κ3) is 3.23. The van der Waals surface area contributed by atoms with Crippen LogP contribution < -0.4 is 5.73 Å². The van der Waals surface area contributed by atoms with Crippen LogP contribution in [0.25, 0.3) is 0 Å². The first kappa shape index (κ1) is 16.3. The van der Waals surface area contributed by atoms with Gasteiger partial charge in [0.05, 0.1) is 11.5 Å². The van der Waals surface area contributed by atoms with E-state index in [2.05, 4.69) is 0 Å². The molecule has 116 valence electrons. The van der Waals surface area contributed by atoms with Gasteiger partial charge < -0.3 is 10.5 Å². The van der Waals surface area contributed by atoms with Crippen molar-refractivity contribution >= 4 is 27.2 Å². The monoisotopic (exact) mass is 332 g/mol. The molecule has 0 bridgehead atoms. The molecule has 21 heavy (non-hydrogen) atoms. The van der Waals surface area contributed by atoms with Crippen molar-refractivity contribution < 1.29 is 17.5 Å². The summed E-state index contributed by atoms with van der Waals surface area (Å²) >= 11 is 4.86. The molecule has 1 aliphatic rings. The number of aryl methyl sites for hydroxylation is 2. The van der Waals surface area contributed by atoms with E-state index in [4.69, 9.17) is 22.7 Å². The lowest BCUT2D eigenvalue weighted by molar-refractivity contribution is 0.0386. The van der Waals surface area contributed by atoms with E-state index in [1.165, 1.54) is 16.4 Å². The Morgan fingerprint density at radius 3 is 2.52 bits per heavy atom. The van der Waals surface area contributed by atoms with Crippen LogP contribution in [0.3, 0.4) is 0 Å². The van der Waals surface area contributed by atoms with Gasteiger partial charge in [0.15, 0.2) is 0 Å². The lowest BCUT2D eigenvalue weighted by Crippen LogP contribution is -2.50. The fourth-order valence-corrected chi connectivity index (χ4v) is 4.43. The predicted octanol–water partition coefficient (Wildman–Crippen LogP) is 1.12. The number of halogens is 1. The molecule has 0 aromatic heterocycles. The fraction of sp³-hybridized carbons (Fsp3) is 0.462. The van der Waals surface area contributed by atoms with Crippen molar-refractivity contribution in [2.45, 2.75) is 24.8 Å². The minimum atomic E-state index is -3.74. The molecule has 0 radical (unpaired) electrons. The highest BCUT2D eigenvalue weighted by Crippen LogP contribution is 2.26. The molecule has 5 nitrogen and oxygen atoms in total. The normalized spacial score (nSPS) is 20.4. The van der Waals surface area contributed by atoms with Crippen LogP contribution in [-0.2, 0) is 14.8 Å². The number of thiocarbonyl (C=S) groups is 1. The molecule has 8 heteroatoms. The van der Waals surface area contributed by atoms with E-state index in [9.17, 15) is 12.8 Å². The number of nitrogens with two attached hydrogens (primary N) is 1. The third-order valence-corrected chi connectivity index (χ3v) is 5.80. The molecule has 1 heterocycles. The number of ether oxygens (including phenoxy) is 1. The molecule has 0 aliphatic carbocycles. The minimum Gasteiger partial charge on any atom is -0.391 e. The van der Waals surface area contributed by atoms with Crippen molar-refractivity contribution in [1.82, 2.24) is 4.31 Å². The van der Waals surface area contributed by atoms with Gasteiger partial charge in [-0.25, -0.2) is 12.8 Å². The van der Waals surface area contributed by atoms with Gasteiger partial charge in [-0.05, 0) is 37.1 Å². The zero-order valence-corrected chi connectivity index (χ0v) is 13.4. The van der Waals surface area contributed by atoms with Gasteiger partial charge in [-0.1, -0.05) is 12.2 Å². The number of benzene rings is 1. The summed E-state index contributed by atoms with van der Waals surface area (Å²) in [6.45, 7) is 3.68. The largest absolute Gasteiger partial charge is 0.391 e. The topological polar surface area (TPSA) is 72.6 Å². The van der Waals surface area contributed by atoms with Crippen LogP contribution in [0.1, 0.15) is 11.1 Å². The van der Waals surface area contributed by atoms with Crippen LogP contribution in [0, 0.1) is 19.7 Å². The molecular weight excluding hydrogens is 315 g/mol.